The fourth-order valence-corrected chi connectivity index (χ4v) is 3.71. The minimum absolute atomic E-state index is 0.234. The van der Waals surface area contributed by atoms with Crippen LogP contribution in [0.1, 0.15) is 17.5 Å². The largest absolute Gasteiger partial charge is 0.492 e. The van der Waals surface area contributed by atoms with Crippen LogP contribution in [0.25, 0.3) is 11.3 Å². The summed E-state index contributed by atoms with van der Waals surface area (Å²) in [4.78, 5) is 7.38. The van der Waals surface area contributed by atoms with Crippen LogP contribution in [0.4, 0.5) is 5.69 Å². The number of nitrogens with zero attached hydrogens (tertiary/aromatic N) is 1. The number of ether oxygens (including phenoxy) is 1. The Kier molecular flexibility index (Phi) is 7.55. The molecule has 0 aliphatic carbocycles. The third kappa shape index (κ3) is 6.96. The first kappa shape index (κ1) is 23.1. The van der Waals surface area contributed by atoms with Gasteiger partial charge in [-0.15, -0.1) is 0 Å². The molecule has 3 aromatic rings. The van der Waals surface area contributed by atoms with E-state index in [1.54, 1.807) is 18.3 Å². The monoisotopic (exact) mass is 464 g/mol. The number of H-pyrrole nitrogens is 1. The molecule has 0 spiro atoms. The third-order valence-corrected chi connectivity index (χ3v) is 5.34. The Morgan fingerprint density at radius 1 is 1.23 bits per heavy atom. The Morgan fingerprint density at radius 2 is 1.97 bits per heavy atom. The predicted molar refractivity (Wildman–Crippen MR) is 122 cm³/mol. The second-order valence-electron chi connectivity index (χ2n) is 7.09. The van der Waals surface area contributed by atoms with Gasteiger partial charge in [0.05, 0.1) is 35.0 Å². The van der Waals surface area contributed by atoms with Crippen molar-refractivity contribution in [3.63, 3.8) is 0 Å². The van der Waals surface area contributed by atoms with E-state index in [1.165, 1.54) is 6.07 Å². The molecule has 31 heavy (non-hydrogen) atoms. The van der Waals surface area contributed by atoms with Gasteiger partial charge in [0, 0.05) is 13.1 Å². The standard InChI is InChI=1S/C21H25ClN4O4S/c1-14-24-12-20(25-14)15-3-6-17(7-4-15)30-10-9-23-13-21(27)16-5-8-18(22)19(11-16)26-31(2,28)29/h3-8,11-12,21,23,26-27H,9-10,13H2,1-2H3,(H,24,25)/t21-/m0/s1. The van der Waals surface area contributed by atoms with Crippen molar-refractivity contribution >= 4 is 27.3 Å². The first-order valence-corrected chi connectivity index (χ1v) is 11.9. The highest BCUT2D eigenvalue weighted by molar-refractivity contribution is 7.92. The summed E-state index contributed by atoms with van der Waals surface area (Å²) in [7, 11) is -3.46. The lowest BCUT2D eigenvalue weighted by Crippen LogP contribution is -2.26. The molecule has 2 aromatic carbocycles. The number of halogens is 1. The van der Waals surface area contributed by atoms with Crippen molar-refractivity contribution in [1.29, 1.82) is 0 Å². The van der Waals surface area contributed by atoms with Crippen LogP contribution in [0.3, 0.4) is 0 Å². The van der Waals surface area contributed by atoms with Crippen LogP contribution in [0.2, 0.25) is 5.02 Å². The summed E-state index contributed by atoms with van der Waals surface area (Å²) in [6, 6.07) is 12.4. The van der Waals surface area contributed by atoms with E-state index in [2.05, 4.69) is 20.0 Å². The van der Waals surface area contributed by atoms with Crippen molar-refractivity contribution in [2.24, 2.45) is 0 Å². The number of hydrogen-bond acceptors (Lipinski definition) is 6. The summed E-state index contributed by atoms with van der Waals surface area (Å²) in [5, 5.41) is 13.7. The van der Waals surface area contributed by atoms with E-state index in [0.717, 1.165) is 29.1 Å². The van der Waals surface area contributed by atoms with E-state index < -0.39 is 16.1 Å². The average Bonchev–Trinajstić information content (AvgIpc) is 3.15. The van der Waals surface area contributed by atoms with Crippen LogP contribution >= 0.6 is 11.6 Å². The summed E-state index contributed by atoms with van der Waals surface area (Å²) >= 11 is 6.01. The molecule has 4 N–H and O–H groups in total. The number of benzene rings is 2. The molecule has 0 unspecified atom stereocenters. The van der Waals surface area contributed by atoms with Gasteiger partial charge in [0.15, 0.2) is 0 Å². The summed E-state index contributed by atoms with van der Waals surface area (Å²) in [6.07, 6.45) is 2.01. The predicted octanol–water partition coefficient (Wildman–Crippen LogP) is 3.11. The molecule has 1 atom stereocenters. The van der Waals surface area contributed by atoms with Gasteiger partial charge in [0.25, 0.3) is 0 Å². The van der Waals surface area contributed by atoms with Crippen molar-refractivity contribution in [2.75, 3.05) is 30.7 Å². The maximum Gasteiger partial charge on any atom is 0.229 e. The molecule has 0 amide bonds. The van der Waals surface area contributed by atoms with Gasteiger partial charge in [-0.3, -0.25) is 4.72 Å². The normalized spacial score (nSPS) is 12.5. The van der Waals surface area contributed by atoms with Crippen LogP contribution < -0.4 is 14.8 Å². The third-order valence-electron chi connectivity index (χ3n) is 4.42. The summed E-state index contributed by atoms with van der Waals surface area (Å²) in [5.41, 5.74) is 2.77. The summed E-state index contributed by atoms with van der Waals surface area (Å²) in [5.74, 6) is 1.61. The summed E-state index contributed by atoms with van der Waals surface area (Å²) < 4.78 is 30.9. The average molecular weight is 465 g/mol. The number of hydrogen-bond donors (Lipinski definition) is 4. The van der Waals surface area contributed by atoms with Gasteiger partial charge >= 0.3 is 0 Å². The Bertz CT molecular complexity index is 1120. The number of aliphatic hydroxyl groups excluding tert-OH is 1. The zero-order valence-electron chi connectivity index (χ0n) is 17.2. The minimum Gasteiger partial charge on any atom is -0.492 e. The molecule has 0 aliphatic rings. The van der Waals surface area contributed by atoms with E-state index in [0.29, 0.717) is 18.7 Å². The fraction of sp³-hybridized carbons (Fsp3) is 0.286. The van der Waals surface area contributed by atoms with Gasteiger partial charge < -0.3 is 20.1 Å². The maximum absolute atomic E-state index is 11.4. The number of aromatic nitrogens is 2. The van der Waals surface area contributed by atoms with Crippen LogP contribution in [-0.2, 0) is 10.0 Å². The number of imidazole rings is 1. The van der Waals surface area contributed by atoms with Gasteiger partial charge in [0.1, 0.15) is 18.2 Å². The number of rotatable bonds is 10. The molecule has 10 heteroatoms. The first-order chi connectivity index (χ1) is 14.7. The van der Waals surface area contributed by atoms with E-state index >= 15 is 0 Å². The zero-order chi connectivity index (χ0) is 22.4. The Balaban J connectivity index is 1.44. The quantitative estimate of drug-likeness (QED) is 0.342. The Labute approximate surface area is 186 Å². The van der Waals surface area contributed by atoms with Crippen molar-refractivity contribution in [3.8, 4) is 17.0 Å². The van der Waals surface area contributed by atoms with Gasteiger partial charge in [0.2, 0.25) is 10.0 Å². The van der Waals surface area contributed by atoms with Crippen molar-refractivity contribution in [3.05, 3.63) is 65.1 Å². The molecule has 0 aliphatic heterocycles. The lowest BCUT2D eigenvalue weighted by atomic mass is 10.1. The molecule has 0 radical (unpaired) electrons. The SMILES string of the molecule is Cc1ncc(-c2ccc(OCCNC[C@H](O)c3ccc(Cl)c(NS(C)(=O)=O)c3)cc2)[nH]1. The molecule has 166 valence electrons. The van der Waals surface area contributed by atoms with Crippen LogP contribution in [0, 0.1) is 6.92 Å². The molecule has 0 saturated carbocycles. The fourth-order valence-electron chi connectivity index (χ4n) is 2.92. The molecular formula is C21H25ClN4O4S. The molecule has 3 rings (SSSR count). The van der Waals surface area contributed by atoms with Crippen molar-refractivity contribution < 1.29 is 18.3 Å². The number of sulfonamides is 1. The van der Waals surface area contributed by atoms with E-state index in [-0.39, 0.29) is 17.3 Å². The van der Waals surface area contributed by atoms with Crippen LogP contribution in [-0.4, -0.2) is 49.4 Å². The summed E-state index contributed by atoms with van der Waals surface area (Å²) in [6.45, 7) is 3.14. The lowest BCUT2D eigenvalue weighted by molar-refractivity contribution is 0.172. The molecular weight excluding hydrogens is 440 g/mol. The number of aliphatic hydroxyl groups is 1. The highest BCUT2D eigenvalue weighted by Crippen LogP contribution is 2.26. The molecule has 1 heterocycles. The van der Waals surface area contributed by atoms with Crippen molar-refractivity contribution in [1.82, 2.24) is 15.3 Å². The highest BCUT2D eigenvalue weighted by Gasteiger charge is 2.12. The number of nitrogens with one attached hydrogen (secondary N) is 3. The molecule has 0 bridgehead atoms. The second kappa shape index (κ2) is 10.1. The topological polar surface area (TPSA) is 116 Å². The van der Waals surface area contributed by atoms with E-state index in [1.807, 2.05) is 31.2 Å². The lowest BCUT2D eigenvalue weighted by Gasteiger charge is -2.15. The van der Waals surface area contributed by atoms with Gasteiger partial charge in [-0.05, 0) is 54.4 Å². The van der Waals surface area contributed by atoms with Crippen LogP contribution in [0.5, 0.6) is 5.75 Å². The van der Waals surface area contributed by atoms with Gasteiger partial charge in [-0.25, -0.2) is 13.4 Å². The van der Waals surface area contributed by atoms with Gasteiger partial charge in [-0.2, -0.15) is 0 Å². The van der Waals surface area contributed by atoms with E-state index in [4.69, 9.17) is 16.3 Å². The molecule has 0 saturated heterocycles. The van der Waals surface area contributed by atoms with E-state index in [9.17, 15) is 13.5 Å². The van der Waals surface area contributed by atoms with Gasteiger partial charge in [-0.1, -0.05) is 17.7 Å². The smallest absolute Gasteiger partial charge is 0.229 e. The second-order valence-corrected chi connectivity index (χ2v) is 9.24. The highest BCUT2D eigenvalue weighted by atomic mass is 35.5. The molecule has 8 nitrogen and oxygen atoms in total. The molecule has 1 aromatic heterocycles. The number of aryl methyl sites for hydroxylation is 1. The maximum atomic E-state index is 11.4. The Morgan fingerprint density at radius 3 is 2.61 bits per heavy atom. The zero-order valence-corrected chi connectivity index (χ0v) is 18.8. The molecule has 0 fully saturated rings. The minimum atomic E-state index is -3.46. The number of anilines is 1. The number of aromatic amines is 1. The first-order valence-electron chi connectivity index (χ1n) is 9.62. The Hall–Kier alpha value is -2.59. The van der Waals surface area contributed by atoms with Crippen molar-refractivity contribution in [2.45, 2.75) is 13.0 Å². The van der Waals surface area contributed by atoms with Crippen LogP contribution in [0.15, 0.2) is 48.7 Å².